The first kappa shape index (κ1) is 16.8. The molecule has 22 heavy (non-hydrogen) atoms. The van der Waals surface area contributed by atoms with Gasteiger partial charge in [-0.3, -0.25) is 4.79 Å². The Hall–Kier alpha value is -1.53. The number of halogens is 1. The predicted octanol–water partition coefficient (Wildman–Crippen LogP) is 3.64. The lowest BCUT2D eigenvalue weighted by Gasteiger charge is -2.16. The minimum absolute atomic E-state index is 0.0440. The summed E-state index contributed by atoms with van der Waals surface area (Å²) in [5.41, 5.74) is 0.793. The molecule has 1 amide bonds. The standard InChI is InChI=1S/C15H18ClN3O2S/c1-9(2)10(3)17-13(20)8-22-15-19-18-14(21-15)11-4-6-12(16)7-5-11/h4-7,9-10H,8H2,1-3H3,(H,17,20)/t10-/m0/s1. The van der Waals surface area contributed by atoms with Crippen LogP contribution in [0.2, 0.25) is 5.02 Å². The van der Waals surface area contributed by atoms with Crippen LogP contribution in [0.25, 0.3) is 11.5 Å². The molecule has 2 rings (SSSR count). The van der Waals surface area contributed by atoms with Gasteiger partial charge in [0.05, 0.1) is 5.75 Å². The second-order valence-electron chi connectivity index (χ2n) is 5.27. The summed E-state index contributed by atoms with van der Waals surface area (Å²) >= 11 is 7.06. The third-order valence-electron chi connectivity index (χ3n) is 3.21. The van der Waals surface area contributed by atoms with E-state index in [-0.39, 0.29) is 17.7 Å². The van der Waals surface area contributed by atoms with E-state index in [4.69, 9.17) is 16.0 Å². The maximum atomic E-state index is 11.8. The van der Waals surface area contributed by atoms with Gasteiger partial charge in [0.15, 0.2) is 0 Å². The third-order valence-corrected chi connectivity index (χ3v) is 4.28. The molecule has 5 nitrogen and oxygen atoms in total. The van der Waals surface area contributed by atoms with Crippen molar-refractivity contribution in [2.75, 3.05) is 5.75 Å². The zero-order valence-corrected chi connectivity index (χ0v) is 14.2. The first-order chi connectivity index (χ1) is 10.5. The van der Waals surface area contributed by atoms with Crippen molar-refractivity contribution in [3.63, 3.8) is 0 Å². The van der Waals surface area contributed by atoms with Crippen LogP contribution in [0.5, 0.6) is 0 Å². The van der Waals surface area contributed by atoms with E-state index in [1.165, 1.54) is 11.8 Å². The Morgan fingerprint density at radius 1 is 1.27 bits per heavy atom. The molecule has 1 aromatic carbocycles. The summed E-state index contributed by atoms with van der Waals surface area (Å²) in [6.45, 7) is 6.11. The van der Waals surface area contributed by atoms with Crippen molar-refractivity contribution in [2.24, 2.45) is 5.92 Å². The number of nitrogens with zero attached hydrogens (tertiary/aromatic N) is 2. The van der Waals surface area contributed by atoms with E-state index in [0.29, 0.717) is 22.1 Å². The fourth-order valence-corrected chi connectivity index (χ4v) is 2.27. The first-order valence-electron chi connectivity index (χ1n) is 6.97. The average molecular weight is 340 g/mol. The fourth-order valence-electron chi connectivity index (χ4n) is 1.57. The lowest BCUT2D eigenvalue weighted by molar-refractivity contribution is -0.119. The van der Waals surface area contributed by atoms with Gasteiger partial charge in [0, 0.05) is 16.6 Å². The van der Waals surface area contributed by atoms with Crippen LogP contribution in [0, 0.1) is 5.92 Å². The smallest absolute Gasteiger partial charge is 0.277 e. The second-order valence-corrected chi connectivity index (χ2v) is 6.63. The Labute approximate surface area is 138 Å². The molecule has 2 aromatic rings. The number of amides is 1. The summed E-state index contributed by atoms with van der Waals surface area (Å²) < 4.78 is 5.53. The number of thioether (sulfide) groups is 1. The van der Waals surface area contributed by atoms with Gasteiger partial charge < -0.3 is 9.73 Å². The van der Waals surface area contributed by atoms with Crippen LogP contribution in [-0.4, -0.2) is 27.9 Å². The summed E-state index contributed by atoms with van der Waals surface area (Å²) in [5.74, 6) is 1.01. The van der Waals surface area contributed by atoms with E-state index in [9.17, 15) is 4.79 Å². The molecule has 7 heteroatoms. The summed E-state index contributed by atoms with van der Waals surface area (Å²) in [6, 6.07) is 7.27. The number of carbonyl (C=O) groups is 1. The Kier molecular flexibility index (Phi) is 5.85. The molecule has 0 radical (unpaired) electrons. The van der Waals surface area contributed by atoms with Gasteiger partial charge in [0.2, 0.25) is 11.8 Å². The molecule has 0 aliphatic heterocycles. The largest absolute Gasteiger partial charge is 0.411 e. The van der Waals surface area contributed by atoms with Gasteiger partial charge in [-0.25, -0.2) is 0 Å². The van der Waals surface area contributed by atoms with Crippen molar-refractivity contribution in [2.45, 2.75) is 32.0 Å². The average Bonchev–Trinajstić information content (AvgIpc) is 2.94. The van der Waals surface area contributed by atoms with E-state index < -0.39 is 0 Å². The van der Waals surface area contributed by atoms with Gasteiger partial charge in [0.25, 0.3) is 5.22 Å². The van der Waals surface area contributed by atoms with Gasteiger partial charge in [0.1, 0.15) is 0 Å². The predicted molar refractivity (Wildman–Crippen MR) is 87.9 cm³/mol. The molecule has 0 unspecified atom stereocenters. The lowest BCUT2D eigenvalue weighted by atomic mass is 10.1. The van der Waals surface area contributed by atoms with Gasteiger partial charge in [-0.15, -0.1) is 10.2 Å². The van der Waals surface area contributed by atoms with Crippen LogP contribution in [0.3, 0.4) is 0 Å². The Morgan fingerprint density at radius 2 is 1.95 bits per heavy atom. The zero-order valence-electron chi connectivity index (χ0n) is 12.7. The number of hydrogen-bond acceptors (Lipinski definition) is 5. The van der Waals surface area contributed by atoms with Gasteiger partial charge in [-0.1, -0.05) is 37.2 Å². The molecule has 0 saturated carbocycles. The van der Waals surface area contributed by atoms with Crippen molar-refractivity contribution in [3.05, 3.63) is 29.3 Å². The van der Waals surface area contributed by atoms with Crippen molar-refractivity contribution < 1.29 is 9.21 Å². The van der Waals surface area contributed by atoms with Crippen LogP contribution in [0.15, 0.2) is 33.9 Å². The molecule has 118 valence electrons. The highest BCUT2D eigenvalue weighted by Gasteiger charge is 2.14. The monoisotopic (exact) mass is 339 g/mol. The van der Waals surface area contributed by atoms with Crippen LogP contribution in [0.1, 0.15) is 20.8 Å². The highest BCUT2D eigenvalue weighted by Crippen LogP contribution is 2.24. The molecule has 0 bridgehead atoms. The first-order valence-corrected chi connectivity index (χ1v) is 8.33. The molecule has 1 N–H and O–H groups in total. The third kappa shape index (κ3) is 4.74. The fraction of sp³-hybridized carbons (Fsp3) is 0.400. The topological polar surface area (TPSA) is 68.0 Å². The van der Waals surface area contributed by atoms with Crippen molar-refractivity contribution in [1.82, 2.24) is 15.5 Å². The van der Waals surface area contributed by atoms with Gasteiger partial charge in [-0.05, 0) is 37.1 Å². The molecule has 0 aliphatic rings. The zero-order chi connectivity index (χ0) is 16.1. The minimum atomic E-state index is -0.0440. The molecule has 0 spiro atoms. The SMILES string of the molecule is CC(C)[C@H](C)NC(=O)CSc1nnc(-c2ccc(Cl)cc2)o1. The normalized spacial score (nSPS) is 12.4. The summed E-state index contributed by atoms with van der Waals surface area (Å²) in [4.78, 5) is 11.8. The molecular formula is C15H18ClN3O2S. The molecular weight excluding hydrogens is 322 g/mol. The molecule has 0 saturated heterocycles. The minimum Gasteiger partial charge on any atom is -0.411 e. The number of hydrogen-bond donors (Lipinski definition) is 1. The maximum absolute atomic E-state index is 11.8. The van der Waals surface area contributed by atoms with Gasteiger partial charge in [-0.2, -0.15) is 0 Å². The van der Waals surface area contributed by atoms with Crippen LogP contribution < -0.4 is 5.32 Å². The molecule has 0 aliphatic carbocycles. The molecule has 1 atom stereocenters. The number of carbonyl (C=O) groups excluding carboxylic acids is 1. The molecule has 1 aromatic heterocycles. The lowest BCUT2D eigenvalue weighted by Crippen LogP contribution is -2.37. The Bertz CT molecular complexity index is 628. The van der Waals surface area contributed by atoms with Crippen molar-refractivity contribution >= 4 is 29.3 Å². The quantitative estimate of drug-likeness (QED) is 0.814. The van der Waals surface area contributed by atoms with Crippen LogP contribution >= 0.6 is 23.4 Å². The Balaban J connectivity index is 1.90. The van der Waals surface area contributed by atoms with Gasteiger partial charge >= 0.3 is 0 Å². The van der Waals surface area contributed by atoms with E-state index in [1.807, 2.05) is 6.92 Å². The number of benzene rings is 1. The highest BCUT2D eigenvalue weighted by atomic mass is 35.5. The van der Waals surface area contributed by atoms with E-state index in [2.05, 4.69) is 29.4 Å². The van der Waals surface area contributed by atoms with Crippen LogP contribution in [-0.2, 0) is 4.79 Å². The van der Waals surface area contributed by atoms with Crippen LogP contribution in [0.4, 0.5) is 0 Å². The van der Waals surface area contributed by atoms with E-state index in [1.54, 1.807) is 24.3 Å². The number of rotatable bonds is 6. The van der Waals surface area contributed by atoms with E-state index in [0.717, 1.165) is 5.56 Å². The Morgan fingerprint density at radius 3 is 2.59 bits per heavy atom. The molecule has 0 fully saturated rings. The number of nitrogens with one attached hydrogen (secondary N) is 1. The summed E-state index contributed by atoms with van der Waals surface area (Å²) in [5, 5.41) is 11.9. The van der Waals surface area contributed by atoms with E-state index >= 15 is 0 Å². The number of aromatic nitrogens is 2. The summed E-state index contributed by atoms with van der Waals surface area (Å²) in [7, 11) is 0. The maximum Gasteiger partial charge on any atom is 0.277 e. The molecule has 1 heterocycles. The van der Waals surface area contributed by atoms with Crippen molar-refractivity contribution in [1.29, 1.82) is 0 Å². The van der Waals surface area contributed by atoms with Crippen molar-refractivity contribution in [3.8, 4) is 11.5 Å². The summed E-state index contributed by atoms with van der Waals surface area (Å²) in [6.07, 6.45) is 0. The highest BCUT2D eigenvalue weighted by molar-refractivity contribution is 7.99. The second kappa shape index (κ2) is 7.65.